The Hall–Kier alpha value is -3.19. The summed E-state index contributed by atoms with van der Waals surface area (Å²) in [6.45, 7) is 2.66. The summed E-state index contributed by atoms with van der Waals surface area (Å²) in [4.78, 5) is 34.8. The predicted molar refractivity (Wildman–Crippen MR) is 116 cm³/mol. The van der Waals surface area contributed by atoms with E-state index in [1.807, 2.05) is 24.4 Å². The fourth-order valence-electron chi connectivity index (χ4n) is 4.38. The van der Waals surface area contributed by atoms with Crippen molar-refractivity contribution in [2.24, 2.45) is 0 Å². The summed E-state index contributed by atoms with van der Waals surface area (Å²) in [5.74, 6) is -0.0931. The Morgan fingerprint density at radius 2 is 2.03 bits per heavy atom. The van der Waals surface area contributed by atoms with Crippen molar-refractivity contribution < 1.29 is 9.59 Å². The second-order valence-electron chi connectivity index (χ2n) is 8.25. The first-order chi connectivity index (χ1) is 14.6. The molecule has 1 fully saturated rings. The normalized spacial score (nSPS) is 17.6. The number of rotatable bonds is 3. The van der Waals surface area contributed by atoms with Crippen LogP contribution in [0.1, 0.15) is 39.1 Å². The monoisotopic (exact) mass is 403 g/mol. The number of hydrogen-bond acceptors (Lipinski definition) is 4. The second kappa shape index (κ2) is 7.57. The topological polar surface area (TPSA) is 90.1 Å². The van der Waals surface area contributed by atoms with Crippen molar-refractivity contribution in [1.82, 2.24) is 25.5 Å². The van der Waals surface area contributed by atoms with Gasteiger partial charge in [-0.1, -0.05) is 12.1 Å². The molecule has 0 aliphatic carbocycles. The van der Waals surface area contributed by atoms with Gasteiger partial charge in [-0.2, -0.15) is 0 Å². The van der Waals surface area contributed by atoms with Crippen LogP contribution in [0.5, 0.6) is 0 Å². The molecule has 0 unspecified atom stereocenters. The van der Waals surface area contributed by atoms with Crippen LogP contribution in [0.4, 0.5) is 0 Å². The number of carbonyl (C=O) groups excluding carboxylic acids is 2. The van der Waals surface area contributed by atoms with Gasteiger partial charge in [0, 0.05) is 41.5 Å². The number of aromatic amines is 1. The van der Waals surface area contributed by atoms with Gasteiger partial charge >= 0.3 is 0 Å². The number of H-pyrrole nitrogens is 1. The number of pyridine rings is 1. The Morgan fingerprint density at radius 1 is 1.20 bits per heavy atom. The number of likely N-dealkylation sites (tertiary alicyclic amines) is 1. The van der Waals surface area contributed by atoms with E-state index < -0.39 is 0 Å². The van der Waals surface area contributed by atoms with Crippen molar-refractivity contribution in [2.45, 2.75) is 25.3 Å². The molecule has 7 nitrogen and oxygen atoms in total. The van der Waals surface area contributed by atoms with Gasteiger partial charge in [0.15, 0.2) is 0 Å². The zero-order valence-corrected chi connectivity index (χ0v) is 17.0. The third-order valence-electron chi connectivity index (χ3n) is 6.19. The third kappa shape index (κ3) is 3.45. The van der Waals surface area contributed by atoms with Crippen molar-refractivity contribution in [3.8, 4) is 11.1 Å². The maximum atomic E-state index is 12.8. The minimum absolute atomic E-state index is 0.0174. The Morgan fingerprint density at radius 3 is 2.87 bits per heavy atom. The molecule has 30 heavy (non-hydrogen) atoms. The Kier molecular flexibility index (Phi) is 4.75. The first-order valence-corrected chi connectivity index (χ1v) is 10.5. The number of carbonyl (C=O) groups is 2. The Balaban J connectivity index is 1.43. The molecule has 0 saturated carbocycles. The molecule has 0 radical (unpaired) electrons. The molecule has 2 aliphatic rings. The lowest BCUT2D eigenvalue weighted by atomic mass is 9.95. The van der Waals surface area contributed by atoms with Gasteiger partial charge in [-0.3, -0.25) is 9.59 Å². The van der Waals surface area contributed by atoms with Crippen molar-refractivity contribution in [2.75, 3.05) is 26.7 Å². The summed E-state index contributed by atoms with van der Waals surface area (Å²) in [7, 11) is 2.11. The van der Waals surface area contributed by atoms with Crippen LogP contribution in [-0.4, -0.2) is 59.4 Å². The van der Waals surface area contributed by atoms with Crippen LogP contribution >= 0.6 is 0 Å². The SMILES string of the molecule is CN1CCC(NC(=O)c2cnc3[nH]cc(-c4ccc5c(c4)CCNC5=O)c3c2)CC1. The number of piperidine rings is 1. The molecule has 7 heteroatoms. The molecule has 2 aliphatic heterocycles. The first kappa shape index (κ1) is 18.8. The maximum Gasteiger partial charge on any atom is 0.253 e. The van der Waals surface area contributed by atoms with E-state index in [4.69, 9.17) is 0 Å². The van der Waals surface area contributed by atoms with Crippen molar-refractivity contribution in [1.29, 1.82) is 0 Å². The van der Waals surface area contributed by atoms with Crippen molar-refractivity contribution >= 4 is 22.8 Å². The molecule has 5 rings (SSSR count). The second-order valence-corrected chi connectivity index (χ2v) is 8.25. The smallest absolute Gasteiger partial charge is 0.253 e. The van der Waals surface area contributed by atoms with Gasteiger partial charge < -0.3 is 20.5 Å². The lowest BCUT2D eigenvalue weighted by molar-refractivity contribution is 0.0914. The number of nitrogens with zero attached hydrogens (tertiary/aromatic N) is 2. The van der Waals surface area contributed by atoms with Crippen LogP contribution in [0.3, 0.4) is 0 Å². The molecule has 0 spiro atoms. The highest BCUT2D eigenvalue weighted by atomic mass is 16.2. The number of hydrogen-bond donors (Lipinski definition) is 3. The summed E-state index contributed by atoms with van der Waals surface area (Å²) in [5.41, 5.74) is 5.11. The van der Waals surface area contributed by atoms with Gasteiger partial charge in [-0.25, -0.2) is 4.98 Å². The number of fused-ring (bicyclic) bond motifs is 2. The van der Waals surface area contributed by atoms with E-state index in [1.165, 1.54) is 0 Å². The van der Waals surface area contributed by atoms with Gasteiger partial charge in [0.05, 0.1) is 5.56 Å². The number of aromatic nitrogens is 2. The van der Waals surface area contributed by atoms with E-state index >= 15 is 0 Å². The summed E-state index contributed by atoms with van der Waals surface area (Å²) in [6.07, 6.45) is 6.30. The minimum atomic E-state index is -0.0757. The van der Waals surface area contributed by atoms with E-state index in [-0.39, 0.29) is 17.9 Å². The third-order valence-corrected chi connectivity index (χ3v) is 6.19. The van der Waals surface area contributed by atoms with E-state index in [1.54, 1.807) is 6.20 Å². The van der Waals surface area contributed by atoms with Crippen LogP contribution in [0.15, 0.2) is 36.7 Å². The van der Waals surface area contributed by atoms with Crippen LogP contribution in [0, 0.1) is 0 Å². The van der Waals surface area contributed by atoms with Crippen LogP contribution in [0.2, 0.25) is 0 Å². The number of nitrogens with one attached hydrogen (secondary N) is 3. The zero-order chi connectivity index (χ0) is 20.7. The van der Waals surface area contributed by atoms with Crippen LogP contribution in [0.25, 0.3) is 22.2 Å². The summed E-state index contributed by atoms with van der Waals surface area (Å²) >= 11 is 0. The lowest BCUT2D eigenvalue weighted by Gasteiger charge is -2.29. The average Bonchev–Trinajstić information content (AvgIpc) is 3.18. The van der Waals surface area contributed by atoms with Gasteiger partial charge in [0.2, 0.25) is 0 Å². The molecule has 0 bridgehead atoms. The number of amides is 2. The molecule has 0 atom stereocenters. The summed E-state index contributed by atoms with van der Waals surface area (Å²) in [5, 5.41) is 6.94. The fourth-order valence-corrected chi connectivity index (χ4v) is 4.38. The van der Waals surface area contributed by atoms with E-state index in [2.05, 4.69) is 38.6 Å². The highest BCUT2D eigenvalue weighted by Gasteiger charge is 2.21. The van der Waals surface area contributed by atoms with E-state index in [0.717, 1.165) is 65.6 Å². The van der Waals surface area contributed by atoms with Crippen molar-refractivity contribution in [3.63, 3.8) is 0 Å². The fraction of sp³-hybridized carbons (Fsp3) is 0.348. The first-order valence-electron chi connectivity index (χ1n) is 10.5. The van der Waals surface area contributed by atoms with Gasteiger partial charge in [0.1, 0.15) is 5.65 Å². The standard InChI is InChI=1S/C23H25N5O2/c1-28-8-5-17(6-9-28)27-22(29)16-11-19-20(13-26-21(19)25-12-16)14-2-3-18-15(10-14)4-7-24-23(18)30/h2-3,10-13,17H,4-9H2,1H3,(H,24,30)(H,25,26)(H,27,29). The Labute approximate surface area is 174 Å². The lowest BCUT2D eigenvalue weighted by Crippen LogP contribution is -2.43. The molecule has 3 N–H and O–H groups in total. The quantitative estimate of drug-likeness (QED) is 0.626. The largest absolute Gasteiger partial charge is 0.352 e. The number of benzene rings is 1. The predicted octanol–water partition coefficient (Wildman–Crippen LogP) is 2.34. The van der Waals surface area contributed by atoms with Gasteiger partial charge in [-0.15, -0.1) is 0 Å². The van der Waals surface area contributed by atoms with E-state index in [0.29, 0.717) is 12.1 Å². The van der Waals surface area contributed by atoms with E-state index in [9.17, 15) is 9.59 Å². The zero-order valence-electron chi connectivity index (χ0n) is 17.0. The van der Waals surface area contributed by atoms with Gasteiger partial charge in [0.25, 0.3) is 11.8 Å². The van der Waals surface area contributed by atoms with Crippen molar-refractivity contribution in [3.05, 3.63) is 53.3 Å². The molecule has 4 heterocycles. The van der Waals surface area contributed by atoms with Crippen LogP contribution in [-0.2, 0) is 6.42 Å². The summed E-state index contributed by atoms with van der Waals surface area (Å²) in [6, 6.07) is 8.02. The van der Waals surface area contributed by atoms with Crippen LogP contribution < -0.4 is 10.6 Å². The summed E-state index contributed by atoms with van der Waals surface area (Å²) < 4.78 is 0. The molecular weight excluding hydrogens is 378 g/mol. The molecule has 1 saturated heterocycles. The minimum Gasteiger partial charge on any atom is -0.352 e. The molecule has 3 aromatic rings. The highest BCUT2D eigenvalue weighted by Crippen LogP contribution is 2.30. The van der Waals surface area contributed by atoms with Gasteiger partial charge in [-0.05, 0) is 62.7 Å². The highest BCUT2D eigenvalue weighted by molar-refractivity contribution is 6.02. The molecule has 1 aromatic carbocycles. The molecule has 2 aromatic heterocycles. The Bertz CT molecular complexity index is 1130. The molecule has 154 valence electrons. The molecule has 2 amide bonds. The maximum absolute atomic E-state index is 12.8. The molecular formula is C23H25N5O2. The average molecular weight is 403 g/mol.